The van der Waals surface area contributed by atoms with Crippen molar-refractivity contribution in [1.82, 2.24) is 10.1 Å². The van der Waals surface area contributed by atoms with E-state index in [-0.39, 0.29) is 5.91 Å². The first-order valence-corrected chi connectivity index (χ1v) is 9.42. The van der Waals surface area contributed by atoms with Gasteiger partial charge in [-0.2, -0.15) is 0 Å². The monoisotopic (exact) mass is 397 g/mol. The molecule has 1 N–H and O–H groups in total. The number of carbonyl (C=O) groups excluding carboxylic acids is 1. The third-order valence-electron chi connectivity index (χ3n) is 4.66. The van der Waals surface area contributed by atoms with Gasteiger partial charge >= 0.3 is 0 Å². The van der Waals surface area contributed by atoms with Crippen molar-refractivity contribution in [2.24, 2.45) is 0 Å². The van der Waals surface area contributed by atoms with E-state index in [2.05, 4.69) is 31.3 Å². The van der Waals surface area contributed by atoms with Gasteiger partial charge in [-0.1, -0.05) is 22.8 Å². The van der Waals surface area contributed by atoms with Crippen LogP contribution in [-0.4, -0.2) is 42.2 Å². The molecule has 2 aromatic heterocycles. The molecule has 7 nitrogen and oxygen atoms in total. The maximum atomic E-state index is 12.3. The lowest BCUT2D eigenvalue weighted by Crippen LogP contribution is -2.46. The summed E-state index contributed by atoms with van der Waals surface area (Å²) < 4.78 is 4.95. The minimum Gasteiger partial charge on any atom is -0.368 e. The first-order chi connectivity index (χ1) is 13.6. The lowest BCUT2D eigenvalue weighted by atomic mass is 10.2. The summed E-state index contributed by atoms with van der Waals surface area (Å²) in [6.07, 6.45) is 1.58. The number of benzene rings is 1. The van der Waals surface area contributed by atoms with Gasteiger partial charge in [0.05, 0.1) is 5.56 Å². The van der Waals surface area contributed by atoms with E-state index < -0.39 is 0 Å². The second kappa shape index (κ2) is 7.90. The first-order valence-electron chi connectivity index (χ1n) is 9.05. The molecule has 1 saturated heterocycles. The number of aryl methyl sites for hydroxylation is 1. The van der Waals surface area contributed by atoms with Crippen molar-refractivity contribution in [2.45, 2.75) is 6.92 Å². The first kappa shape index (κ1) is 18.3. The Balaban J connectivity index is 1.36. The number of hydrogen-bond donors (Lipinski definition) is 1. The zero-order valence-corrected chi connectivity index (χ0v) is 16.2. The van der Waals surface area contributed by atoms with E-state index in [1.54, 1.807) is 25.3 Å². The summed E-state index contributed by atoms with van der Waals surface area (Å²) in [5, 5.41) is 7.20. The summed E-state index contributed by atoms with van der Waals surface area (Å²) in [5.74, 6) is 1.63. The van der Waals surface area contributed by atoms with Gasteiger partial charge in [-0.15, -0.1) is 0 Å². The van der Waals surface area contributed by atoms with Crippen molar-refractivity contribution in [2.75, 3.05) is 41.3 Å². The minimum absolute atomic E-state index is 0.266. The molecule has 3 heterocycles. The van der Waals surface area contributed by atoms with Crippen molar-refractivity contribution in [3.63, 3.8) is 0 Å². The van der Waals surface area contributed by atoms with E-state index in [0.717, 1.165) is 42.7 Å². The summed E-state index contributed by atoms with van der Waals surface area (Å²) in [6, 6.07) is 13.2. The summed E-state index contributed by atoms with van der Waals surface area (Å²) >= 11 is 6.09. The molecule has 0 unspecified atom stereocenters. The van der Waals surface area contributed by atoms with Crippen molar-refractivity contribution in [3.05, 3.63) is 65.0 Å². The normalized spacial score (nSPS) is 14.2. The number of pyridine rings is 1. The Bertz CT molecular complexity index is 965. The van der Waals surface area contributed by atoms with Crippen molar-refractivity contribution in [3.8, 4) is 0 Å². The number of carbonyl (C=O) groups is 1. The van der Waals surface area contributed by atoms with Crippen LogP contribution in [0.15, 0.2) is 53.2 Å². The average Bonchev–Trinajstić information content (AvgIpc) is 3.13. The number of anilines is 3. The number of nitrogens with zero attached hydrogens (tertiary/aromatic N) is 4. The van der Waals surface area contributed by atoms with Crippen LogP contribution in [0.1, 0.15) is 16.1 Å². The van der Waals surface area contributed by atoms with Crippen LogP contribution in [0.5, 0.6) is 0 Å². The second-order valence-corrected chi connectivity index (χ2v) is 7.07. The molecule has 3 aromatic rings. The number of rotatable bonds is 4. The molecule has 0 spiro atoms. The third kappa shape index (κ3) is 4.09. The minimum atomic E-state index is -0.266. The Labute approximate surface area is 167 Å². The van der Waals surface area contributed by atoms with Crippen LogP contribution in [-0.2, 0) is 0 Å². The van der Waals surface area contributed by atoms with Crippen molar-refractivity contribution >= 4 is 34.8 Å². The summed E-state index contributed by atoms with van der Waals surface area (Å²) in [4.78, 5) is 21.3. The number of nitrogens with one attached hydrogen (secondary N) is 1. The number of amides is 1. The van der Waals surface area contributed by atoms with Crippen LogP contribution in [0.3, 0.4) is 0 Å². The fourth-order valence-electron chi connectivity index (χ4n) is 3.19. The van der Waals surface area contributed by atoms with Gasteiger partial charge in [-0.3, -0.25) is 4.79 Å². The van der Waals surface area contributed by atoms with Crippen LogP contribution in [0.25, 0.3) is 0 Å². The number of halogens is 1. The SMILES string of the molecule is Cc1cc(NC(=O)c2ccc(N3CCN(c4cccc(Cl)c4)CC3)nc2)no1. The summed E-state index contributed by atoms with van der Waals surface area (Å²) in [5.41, 5.74) is 1.61. The Morgan fingerprint density at radius 3 is 2.54 bits per heavy atom. The topological polar surface area (TPSA) is 74.5 Å². The predicted octanol–water partition coefficient (Wildman–Crippen LogP) is 3.61. The van der Waals surface area contributed by atoms with E-state index >= 15 is 0 Å². The molecule has 1 aliphatic rings. The molecule has 0 saturated carbocycles. The lowest BCUT2D eigenvalue weighted by molar-refractivity contribution is 0.102. The van der Waals surface area contributed by atoms with Gasteiger partial charge in [0.1, 0.15) is 11.6 Å². The van der Waals surface area contributed by atoms with Gasteiger partial charge in [0, 0.05) is 49.2 Å². The molecule has 144 valence electrons. The van der Waals surface area contributed by atoms with Gasteiger partial charge in [0.2, 0.25) is 0 Å². The molecule has 0 aliphatic carbocycles. The lowest BCUT2D eigenvalue weighted by Gasteiger charge is -2.36. The second-order valence-electron chi connectivity index (χ2n) is 6.64. The number of hydrogen-bond acceptors (Lipinski definition) is 6. The third-order valence-corrected chi connectivity index (χ3v) is 4.89. The Morgan fingerprint density at radius 1 is 1.11 bits per heavy atom. The number of aromatic nitrogens is 2. The smallest absolute Gasteiger partial charge is 0.258 e. The van der Waals surface area contributed by atoms with E-state index in [9.17, 15) is 4.79 Å². The molecule has 1 fully saturated rings. The predicted molar refractivity (Wildman–Crippen MR) is 109 cm³/mol. The molecule has 1 amide bonds. The highest BCUT2D eigenvalue weighted by Gasteiger charge is 2.19. The maximum absolute atomic E-state index is 12.3. The van der Waals surface area contributed by atoms with Crippen LogP contribution in [0.4, 0.5) is 17.3 Å². The molecule has 0 bridgehead atoms. The van der Waals surface area contributed by atoms with Crippen LogP contribution in [0.2, 0.25) is 5.02 Å². The average molecular weight is 398 g/mol. The molecule has 4 rings (SSSR count). The maximum Gasteiger partial charge on any atom is 0.258 e. The molecule has 28 heavy (non-hydrogen) atoms. The molecule has 8 heteroatoms. The molecule has 0 radical (unpaired) electrons. The number of piperazine rings is 1. The van der Waals surface area contributed by atoms with Crippen LogP contribution in [0, 0.1) is 6.92 Å². The Morgan fingerprint density at radius 2 is 1.89 bits per heavy atom. The van der Waals surface area contributed by atoms with Gasteiger partial charge < -0.3 is 19.6 Å². The largest absolute Gasteiger partial charge is 0.368 e. The van der Waals surface area contributed by atoms with E-state index in [1.807, 2.05) is 24.3 Å². The van der Waals surface area contributed by atoms with Crippen molar-refractivity contribution < 1.29 is 9.32 Å². The standard InChI is InChI=1S/C20H20ClN5O2/c1-14-11-18(24-28-14)23-20(27)15-5-6-19(22-13-15)26-9-7-25(8-10-26)17-4-2-3-16(21)12-17/h2-6,11-13H,7-10H2,1H3,(H,23,24,27). The Hall–Kier alpha value is -3.06. The molecular formula is C20H20ClN5O2. The highest BCUT2D eigenvalue weighted by molar-refractivity contribution is 6.30. The fourth-order valence-corrected chi connectivity index (χ4v) is 3.37. The Kier molecular flexibility index (Phi) is 5.16. The molecular weight excluding hydrogens is 378 g/mol. The van der Waals surface area contributed by atoms with E-state index in [0.29, 0.717) is 17.1 Å². The van der Waals surface area contributed by atoms with Crippen LogP contribution >= 0.6 is 11.6 Å². The highest BCUT2D eigenvalue weighted by atomic mass is 35.5. The summed E-state index contributed by atoms with van der Waals surface area (Å²) in [6.45, 7) is 5.24. The molecule has 1 aliphatic heterocycles. The van der Waals surface area contributed by atoms with Gasteiger partial charge in [0.25, 0.3) is 5.91 Å². The van der Waals surface area contributed by atoms with E-state index in [1.165, 1.54) is 0 Å². The van der Waals surface area contributed by atoms with E-state index in [4.69, 9.17) is 16.1 Å². The molecule has 0 atom stereocenters. The van der Waals surface area contributed by atoms with Gasteiger partial charge in [-0.05, 0) is 37.3 Å². The van der Waals surface area contributed by atoms with Gasteiger partial charge in [-0.25, -0.2) is 4.98 Å². The zero-order chi connectivity index (χ0) is 19.5. The van der Waals surface area contributed by atoms with Gasteiger partial charge in [0.15, 0.2) is 5.82 Å². The molecule has 1 aromatic carbocycles. The van der Waals surface area contributed by atoms with Crippen molar-refractivity contribution in [1.29, 1.82) is 0 Å². The summed E-state index contributed by atoms with van der Waals surface area (Å²) in [7, 11) is 0. The highest BCUT2D eigenvalue weighted by Crippen LogP contribution is 2.22. The van der Waals surface area contributed by atoms with Crippen LogP contribution < -0.4 is 15.1 Å². The fraction of sp³-hybridized carbons (Fsp3) is 0.250. The quantitative estimate of drug-likeness (QED) is 0.724. The zero-order valence-electron chi connectivity index (χ0n) is 15.4.